The van der Waals surface area contributed by atoms with Gasteiger partial charge in [-0.2, -0.15) is 0 Å². The lowest BCUT2D eigenvalue weighted by atomic mass is 10.2. The Morgan fingerprint density at radius 2 is 1.54 bits per heavy atom. The number of rotatable bonds is 0. The standard InChI is InChI=1S/C7H12Cl4P2/c8-7(9)5-3-1-2-4-6-12(10)13(7)11/h1-6H2. The molecule has 0 nitrogen and oxygen atoms in total. The smallest absolute Gasteiger partial charge is 0.0948 e. The highest BCUT2D eigenvalue weighted by atomic mass is 35.7. The van der Waals surface area contributed by atoms with Crippen molar-refractivity contribution in [2.45, 2.75) is 36.2 Å². The molecular formula is C7H12Cl4P2. The number of hydrogen-bond donors (Lipinski definition) is 0. The summed E-state index contributed by atoms with van der Waals surface area (Å²) in [5, 5.41) is 0. The van der Waals surface area contributed by atoms with E-state index in [-0.39, 0.29) is 0 Å². The Hall–Kier alpha value is 2.02. The first-order valence-corrected chi connectivity index (χ1v) is 10.4. The molecule has 0 aromatic rings. The third-order valence-electron chi connectivity index (χ3n) is 2.03. The van der Waals surface area contributed by atoms with Crippen LogP contribution in [0.15, 0.2) is 0 Å². The van der Waals surface area contributed by atoms with Crippen molar-refractivity contribution >= 4 is 59.6 Å². The first-order valence-electron chi connectivity index (χ1n) is 4.31. The van der Waals surface area contributed by atoms with Crippen LogP contribution in [0.4, 0.5) is 0 Å². The third-order valence-corrected chi connectivity index (χ3v) is 14.3. The molecule has 1 fully saturated rings. The van der Waals surface area contributed by atoms with E-state index in [0.29, 0.717) is 0 Å². The Kier molecular flexibility index (Phi) is 5.97. The summed E-state index contributed by atoms with van der Waals surface area (Å²) < 4.78 is -0.755. The normalized spacial score (nSPS) is 36.0. The fraction of sp³-hybridized carbons (Fsp3) is 1.00. The molecule has 1 rings (SSSR count). The topological polar surface area (TPSA) is 0 Å². The maximum Gasteiger partial charge on any atom is 0.156 e. The molecule has 1 aliphatic heterocycles. The van der Waals surface area contributed by atoms with Crippen molar-refractivity contribution < 1.29 is 0 Å². The van der Waals surface area contributed by atoms with Crippen LogP contribution in [0, 0.1) is 0 Å². The van der Waals surface area contributed by atoms with Gasteiger partial charge in [-0.1, -0.05) is 64.9 Å². The molecule has 0 radical (unpaired) electrons. The Balaban J connectivity index is 2.61. The van der Waals surface area contributed by atoms with Crippen LogP contribution in [0.1, 0.15) is 32.1 Å². The molecule has 0 aromatic heterocycles. The van der Waals surface area contributed by atoms with Gasteiger partial charge in [0.05, 0.1) is 6.96 Å². The zero-order valence-electron chi connectivity index (χ0n) is 7.15. The SMILES string of the molecule is ClP1CCCCCCC(Cl)(Cl)P1Cl. The molecule has 1 heterocycles. The van der Waals surface area contributed by atoms with Crippen LogP contribution in [0.5, 0.6) is 0 Å². The molecule has 1 aliphatic rings. The van der Waals surface area contributed by atoms with Crippen LogP contribution in [0.2, 0.25) is 0 Å². The van der Waals surface area contributed by atoms with Crippen LogP contribution < -0.4 is 0 Å². The Bertz CT molecular complexity index is 165. The fourth-order valence-corrected chi connectivity index (χ4v) is 9.86. The maximum atomic E-state index is 6.21. The molecule has 78 valence electrons. The predicted octanol–water partition coefficient (Wildman–Crippen LogP) is 6.27. The Morgan fingerprint density at radius 3 is 2.23 bits per heavy atom. The lowest BCUT2D eigenvalue weighted by molar-refractivity contribution is 0.645. The average molecular weight is 300 g/mol. The number of hydrogen-bond acceptors (Lipinski definition) is 0. The molecule has 0 spiro atoms. The van der Waals surface area contributed by atoms with Crippen LogP contribution in [0.3, 0.4) is 0 Å². The Morgan fingerprint density at radius 1 is 0.923 bits per heavy atom. The van der Waals surface area contributed by atoms with E-state index in [1.807, 2.05) is 0 Å². The zero-order chi connectivity index (χ0) is 9.90. The summed E-state index contributed by atoms with van der Waals surface area (Å²) >= 11 is 24.7. The summed E-state index contributed by atoms with van der Waals surface area (Å²) in [5.74, 6) is 0. The minimum Gasteiger partial charge on any atom is -0.0948 e. The van der Waals surface area contributed by atoms with Crippen molar-refractivity contribution in [3.8, 4) is 0 Å². The van der Waals surface area contributed by atoms with Gasteiger partial charge in [-0.05, 0) is 19.0 Å². The Labute approximate surface area is 102 Å². The highest BCUT2D eigenvalue weighted by Gasteiger charge is 2.38. The van der Waals surface area contributed by atoms with Gasteiger partial charge < -0.3 is 0 Å². The van der Waals surface area contributed by atoms with Gasteiger partial charge in [-0.25, -0.2) is 0 Å². The summed E-state index contributed by atoms with van der Waals surface area (Å²) in [7, 11) is 0. The van der Waals surface area contributed by atoms with Crippen molar-refractivity contribution in [2.24, 2.45) is 0 Å². The molecule has 6 heteroatoms. The van der Waals surface area contributed by atoms with Gasteiger partial charge in [-0.3, -0.25) is 0 Å². The number of alkyl halides is 2. The molecule has 2 unspecified atom stereocenters. The largest absolute Gasteiger partial charge is 0.156 e. The molecule has 0 bridgehead atoms. The van der Waals surface area contributed by atoms with Gasteiger partial charge in [0, 0.05) is 6.96 Å². The second-order valence-corrected chi connectivity index (χ2v) is 13.9. The van der Waals surface area contributed by atoms with E-state index in [1.165, 1.54) is 19.3 Å². The quantitative estimate of drug-likeness (QED) is 0.365. The summed E-state index contributed by atoms with van der Waals surface area (Å²) in [6.45, 7) is -1.59. The van der Waals surface area contributed by atoms with E-state index in [4.69, 9.17) is 45.7 Å². The van der Waals surface area contributed by atoms with Gasteiger partial charge >= 0.3 is 0 Å². The van der Waals surface area contributed by atoms with Gasteiger partial charge in [0.15, 0.2) is 4.07 Å². The van der Waals surface area contributed by atoms with E-state index in [0.717, 1.165) is 19.0 Å². The van der Waals surface area contributed by atoms with Crippen molar-refractivity contribution in [3.05, 3.63) is 0 Å². The van der Waals surface area contributed by atoms with Gasteiger partial charge in [0.2, 0.25) is 0 Å². The van der Waals surface area contributed by atoms with Crippen LogP contribution >= 0.6 is 59.6 Å². The molecular weight excluding hydrogens is 288 g/mol. The minimum atomic E-state index is -0.923. The fourth-order valence-electron chi connectivity index (χ4n) is 1.27. The van der Waals surface area contributed by atoms with E-state index < -0.39 is 18.0 Å². The van der Waals surface area contributed by atoms with Crippen LogP contribution in [-0.4, -0.2) is 10.2 Å². The summed E-state index contributed by atoms with van der Waals surface area (Å²) in [4.78, 5) is 0. The highest BCUT2D eigenvalue weighted by Crippen LogP contribution is 2.84. The second kappa shape index (κ2) is 5.93. The van der Waals surface area contributed by atoms with Crippen molar-refractivity contribution in [1.82, 2.24) is 0 Å². The molecule has 0 aromatic carbocycles. The van der Waals surface area contributed by atoms with Gasteiger partial charge in [0.25, 0.3) is 0 Å². The first-order chi connectivity index (χ1) is 6.04. The molecule has 0 aliphatic carbocycles. The molecule has 2 atom stereocenters. The molecule has 1 saturated heterocycles. The van der Waals surface area contributed by atoms with Crippen molar-refractivity contribution in [2.75, 3.05) is 6.16 Å². The minimum absolute atomic E-state index is 0.663. The van der Waals surface area contributed by atoms with Gasteiger partial charge in [0.1, 0.15) is 0 Å². The van der Waals surface area contributed by atoms with E-state index in [2.05, 4.69) is 0 Å². The van der Waals surface area contributed by atoms with E-state index >= 15 is 0 Å². The highest BCUT2D eigenvalue weighted by molar-refractivity contribution is 8.49. The van der Waals surface area contributed by atoms with Crippen molar-refractivity contribution in [3.63, 3.8) is 0 Å². The van der Waals surface area contributed by atoms with Gasteiger partial charge in [-0.15, -0.1) is 0 Å². The van der Waals surface area contributed by atoms with Crippen molar-refractivity contribution in [1.29, 1.82) is 0 Å². The second-order valence-electron chi connectivity index (χ2n) is 3.15. The molecule has 0 saturated carbocycles. The lowest BCUT2D eigenvalue weighted by Gasteiger charge is -2.27. The molecule has 13 heavy (non-hydrogen) atoms. The first kappa shape index (κ1) is 13.1. The average Bonchev–Trinajstić information content (AvgIpc) is 2.12. The molecule has 0 amide bonds. The maximum absolute atomic E-state index is 6.21. The summed E-state index contributed by atoms with van der Waals surface area (Å²) in [5.41, 5.74) is 0. The summed E-state index contributed by atoms with van der Waals surface area (Å²) in [6.07, 6.45) is 6.46. The van der Waals surface area contributed by atoms with Crippen LogP contribution in [-0.2, 0) is 0 Å². The zero-order valence-corrected chi connectivity index (χ0v) is 12.0. The molecule has 0 N–H and O–H groups in total. The number of halogens is 4. The van der Waals surface area contributed by atoms with E-state index in [9.17, 15) is 0 Å². The van der Waals surface area contributed by atoms with Crippen LogP contribution in [0.25, 0.3) is 0 Å². The van der Waals surface area contributed by atoms with E-state index in [1.54, 1.807) is 0 Å². The summed E-state index contributed by atoms with van der Waals surface area (Å²) in [6, 6.07) is 0. The predicted molar refractivity (Wildman–Crippen MR) is 67.9 cm³/mol. The lowest BCUT2D eigenvalue weighted by Crippen LogP contribution is -2.05. The monoisotopic (exact) mass is 298 g/mol. The third kappa shape index (κ3) is 4.18.